The van der Waals surface area contributed by atoms with E-state index in [1.165, 1.54) is 0 Å². The molecule has 15 heavy (non-hydrogen) atoms. The van der Waals surface area contributed by atoms with Crippen LogP contribution in [0.3, 0.4) is 0 Å². The van der Waals surface area contributed by atoms with Crippen molar-refractivity contribution in [2.45, 2.75) is 19.0 Å². The molecule has 1 aliphatic heterocycles. The van der Waals surface area contributed by atoms with Gasteiger partial charge in [0, 0.05) is 33.7 Å². The van der Waals surface area contributed by atoms with Crippen LogP contribution in [0, 0.1) is 11.3 Å². The van der Waals surface area contributed by atoms with Gasteiger partial charge >= 0.3 is 0 Å². The SMILES string of the molecule is CC(C(=O)N(C)C)N1CCNCC1C#N. The summed E-state index contributed by atoms with van der Waals surface area (Å²) in [5, 5.41) is 12.1. The van der Waals surface area contributed by atoms with Gasteiger partial charge in [0.2, 0.25) is 5.91 Å². The van der Waals surface area contributed by atoms with Crippen LogP contribution in [0.25, 0.3) is 0 Å². The Bertz CT molecular complexity index is 271. The van der Waals surface area contributed by atoms with E-state index >= 15 is 0 Å². The van der Waals surface area contributed by atoms with E-state index in [0.717, 1.165) is 13.1 Å². The number of nitrogens with zero attached hydrogens (tertiary/aromatic N) is 3. The average molecular weight is 210 g/mol. The van der Waals surface area contributed by atoms with Gasteiger partial charge in [0.05, 0.1) is 12.1 Å². The Morgan fingerprint density at radius 1 is 1.67 bits per heavy atom. The maximum absolute atomic E-state index is 11.8. The van der Waals surface area contributed by atoms with Crippen molar-refractivity contribution < 1.29 is 4.79 Å². The van der Waals surface area contributed by atoms with Crippen molar-refractivity contribution in [1.82, 2.24) is 15.1 Å². The van der Waals surface area contributed by atoms with Crippen LogP contribution in [0.2, 0.25) is 0 Å². The van der Waals surface area contributed by atoms with Gasteiger partial charge in [-0.15, -0.1) is 0 Å². The van der Waals surface area contributed by atoms with Crippen LogP contribution < -0.4 is 5.32 Å². The second-order valence-electron chi connectivity index (χ2n) is 4.00. The highest BCUT2D eigenvalue weighted by atomic mass is 16.2. The first kappa shape index (κ1) is 12.0. The standard InChI is InChI=1S/C10H18N4O/c1-8(10(15)13(2)3)14-5-4-12-7-9(14)6-11/h8-9,12H,4-5,7H2,1-3H3. The van der Waals surface area contributed by atoms with Crippen LogP contribution in [-0.4, -0.2) is 61.5 Å². The van der Waals surface area contributed by atoms with Gasteiger partial charge in [0.15, 0.2) is 0 Å². The summed E-state index contributed by atoms with van der Waals surface area (Å²) in [6, 6.07) is 1.81. The fraction of sp³-hybridized carbons (Fsp3) is 0.800. The average Bonchev–Trinajstić information content (AvgIpc) is 2.26. The molecule has 1 N–H and O–H groups in total. The molecule has 84 valence electrons. The van der Waals surface area contributed by atoms with Gasteiger partial charge in [0.1, 0.15) is 6.04 Å². The van der Waals surface area contributed by atoms with Crippen LogP contribution >= 0.6 is 0 Å². The minimum atomic E-state index is -0.216. The van der Waals surface area contributed by atoms with Crippen LogP contribution in [0.5, 0.6) is 0 Å². The lowest BCUT2D eigenvalue weighted by atomic mass is 10.1. The Balaban J connectivity index is 2.68. The van der Waals surface area contributed by atoms with Crippen molar-refractivity contribution in [3.05, 3.63) is 0 Å². The summed E-state index contributed by atoms with van der Waals surface area (Å²) < 4.78 is 0. The molecule has 5 heteroatoms. The van der Waals surface area contributed by atoms with Crippen molar-refractivity contribution in [3.63, 3.8) is 0 Å². The Morgan fingerprint density at radius 2 is 2.33 bits per heavy atom. The fourth-order valence-electron chi connectivity index (χ4n) is 1.82. The van der Waals surface area contributed by atoms with E-state index in [1.807, 2.05) is 11.8 Å². The van der Waals surface area contributed by atoms with E-state index in [9.17, 15) is 4.79 Å². The second-order valence-corrected chi connectivity index (χ2v) is 4.00. The van der Waals surface area contributed by atoms with E-state index in [0.29, 0.717) is 6.54 Å². The minimum absolute atomic E-state index is 0.0529. The zero-order chi connectivity index (χ0) is 11.4. The van der Waals surface area contributed by atoms with Crippen LogP contribution in [0.4, 0.5) is 0 Å². The summed E-state index contributed by atoms with van der Waals surface area (Å²) in [4.78, 5) is 15.3. The van der Waals surface area contributed by atoms with Gasteiger partial charge in [-0.3, -0.25) is 9.69 Å². The molecule has 1 aliphatic rings. The molecule has 5 nitrogen and oxygen atoms in total. The lowest BCUT2D eigenvalue weighted by Crippen LogP contribution is -2.57. The molecular formula is C10H18N4O. The molecule has 2 unspecified atom stereocenters. The quantitative estimate of drug-likeness (QED) is 0.652. The first-order valence-electron chi connectivity index (χ1n) is 5.15. The summed E-state index contributed by atoms with van der Waals surface area (Å²) in [5.74, 6) is 0.0529. The molecule has 0 spiro atoms. The van der Waals surface area contributed by atoms with Gasteiger partial charge in [-0.1, -0.05) is 0 Å². The van der Waals surface area contributed by atoms with Gasteiger partial charge < -0.3 is 10.2 Å². The summed E-state index contributed by atoms with van der Waals surface area (Å²) in [6.07, 6.45) is 0. The Labute approximate surface area is 90.6 Å². The summed E-state index contributed by atoms with van der Waals surface area (Å²) in [7, 11) is 3.48. The van der Waals surface area contributed by atoms with E-state index < -0.39 is 0 Å². The molecule has 0 aromatic heterocycles. The second kappa shape index (κ2) is 5.10. The molecule has 1 amide bonds. The van der Waals surface area contributed by atoms with Crippen molar-refractivity contribution in [1.29, 1.82) is 5.26 Å². The lowest BCUT2D eigenvalue weighted by Gasteiger charge is -2.36. The van der Waals surface area contributed by atoms with Gasteiger partial charge in [-0.05, 0) is 6.92 Å². The lowest BCUT2D eigenvalue weighted by molar-refractivity contribution is -0.134. The van der Waals surface area contributed by atoms with Crippen LogP contribution in [0.15, 0.2) is 0 Å². The Morgan fingerprint density at radius 3 is 2.87 bits per heavy atom. The van der Waals surface area contributed by atoms with Crippen molar-refractivity contribution in [2.75, 3.05) is 33.7 Å². The van der Waals surface area contributed by atoms with E-state index in [4.69, 9.17) is 5.26 Å². The van der Waals surface area contributed by atoms with Crippen molar-refractivity contribution >= 4 is 5.91 Å². The highest BCUT2D eigenvalue weighted by Crippen LogP contribution is 2.09. The first-order valence-corrected chi connectivity index (χ1v) is 5.15. The molecular weight excluding hydrogens is 192 g/mol. The zero-order valence-corrected chi connectivity index (χ0v) is 9.53. The molecule has 2 atom stereocenters. The molecule has 0 saturated carbocycles. The summed E-state index contributed by atoms with van der Waals surface area (Å²) >= 11 is 0. The zero-order valence-electron chi connectivity index (χ0n) is 9.53. The van der Waals surface area contributed by atoms with E-state index in [2.05, 4.69) is 11.4 Å². The number of carbonyl (C=O) groups excluding carboxylic acids is 1. The summed E-state index contributed by atoms with van der Waals surface area (Å²) in [5.41, 5.74) is 0. The first-order chi connectivity index (χ1) is 7.07. The maximum atomic E-state index is 11.8. The number of amides is 1. The Kier molecular flexibility index (Phi) is 4.06. The Hall–Kier alpha value is -1.12. The van der Waals surface area contributed by atoms with Crippen LogP contribution in [0.1, 0.15) is 6.92 Å². The summed E-state index contributed by atoms with van der Waals surface area (Å²) in [6.45, 7) is 4.09. The predicted molar refractivity (Wildman–Crippen MR) is 57.1 cm³/mol. The number of hydrogen-bond donors (Lipinski definition) is 1. The van der Waals surface area contributed by atoms with Crippen molar-refractivity contribution in [2.24, 2.45) is 0 Å². The van der Waals surface area contributed by atoms with Gasteiger partial charge in [-0.2, -0.15) is 5.26 Å². The molecule has 0 radical (unpaired) electrons. The highest BCUT2D eigenvalue weighted by molar-refractivity contribution is 5.81. The van der Waals surface area contributed by atoms with Crippen LogP contribution in [-0.2, 0) is 4.79 Å². The highest BCUT2D eigenvalue weighted by Gasteiger charge is 2.30. The molecule has 1 rings (SSSR count). The smallest absolute Gasteiger partial charge is 0.239 e. The number of nitriles is 1. The fourth-order valence-corrected chi connectivity index (χ4v) is 1.82. The molecule has 0 bridgehead atoms. The van der Waals surface area contributed by atoms with E-state index in [-0.39, 0.29) is 18.0 Å². The molecule has 0 aliphatic carbocycles. The molecule has 1 fully saturated rings. The minimum Gasteiger partial charge on any atom is -0.347 e. The number of piperazine rings is 1. The number of hydrogen-bond acceptors (Lipinski definition) is 4. The third-order valence-electron chi connectivity index (χ3n) is 2.73. The van der Waals surface area contributed by atoms with Gasteiger partial charge in [-0.25, -0.2) is 0 Å². The largest absolute Gasteiger partial charge is 0.347 e. The topological polar surface area (TPSA) is 59.4 Å². The van der Waals surface area contributed by atoms with E-state index in [1.54, 1.807) is 19.0 Å². The normalized spacial score (nSPS) is 24.3. The molecule has 0 aromatic rings. The number of carbonyl (C=O) groups is 1. The third kappa shape index (κ3) is 2.67. The monoisotopic (exact) mass is 210 g/mol. The number of likely N-dealkylation sites (N-methyl/N-ethyl adjacent to an activating group) is 1. The maximum Gasteiger partial charge on any atom is 0.239 e. The van der Waals surface area contributed by atoms with Gasteiger partial charge in [0.25, 0.3) is 0 Å². The van der Waals surface area contributed by atoms with Crippen molar-refractivity contribution in [3.8, 4) is 6.07 Å². The molecule has 0 aromatic carbocycles. The number of nitrogens with one attached hydrogen (secondary N) is 1. The predicted octanol–water partition coefficient (Wildman–Crippen LogP) is -0.740. The number of rotatable bonds is 2. The molecule has 1 heterocycles. The molecule has 1 saturated heterocycles. The third-order valence-corrected chi connectivity index (χ3v) is 2.73.